The predicted molar refractivity (Wildman–Crippen MR) is 132 cm³/mol. The number of nitrogens with two attached hydrogens (primary N) is 2. The van der Waals surface area contributed by atoms with E-state index in [0.29, 0.717) is 25.1 Å². The summed E-state index contributed by atoms with van der Waals surface area (Å²) in [6, 6.07) is 5.01. The first-order chi connectivity index (χ1) is 16.1. The largest absolute Gasteiger partial charge is 0.392 e. The van der Waals surface area contributed by atoms with Gasteiger partial charge in [0.2, 0.25) is 11.8 Å². The van der Waals surface area contributed by atoms with E-state index in [2.05, 4.69) is 26.5 Å². The molecule has 0 saturated carbocycles. The van der Waals surface area contributed by atoms with Gasteiger partial charge in [0, 0.05) is 18.4 Å². The Labute approximate surface area is 201 Å². The Morgan fingerprint density at radius 2 is 1.76 bits per heavy atom. The van der Waals surface area contributed by atoms with E-state index in [-0.39, 0.29) is 36.0 Å². The van der Waals surface area contributed by atoms with Gasteiger partial charge in [0.05, 0.1) is 18.7 Å². The molecule has 11 nitrogen and oxygen atoms in total. The van der Waals surface area contributed by atoms with Gasteiger partial charge in [-0.25, -0.2) is 5.53 Å². The van der Waals surface area contributed by atoms with Crippen molar-refractivity contribution in [2.45, 2.75) is 65.3 Å². The van der Waals surface area contributed by atoms with Crippen molar-refractivity contribution < 1.29 is 14.7 Å². The number of aliphatic hydroxyl groups excluding tert-OH is 1. The Kier molecular flexibility index (Phi) is 13.0. The van der Waals surface area contributed by atoms with Crippen LogP contribution in [0.5, 0.6) is 0 Å². The minimum Gasteiger partial charge on any atom is -0.392 e. The number of nitrogens with one attached hydrogen (secondary N) is 5. The molecule has 0 heterocycles. The lowest BCUT2D eigenvalue weighted by Gasteiger charge is -2.26. The fourth-order valence-corrected chi connectivity index (χ4v) is 3.13. The van der Waals surface area contributed by atoms with E-state index in [9.17, 15) is 14.7 Å². The molecule has 190 valence electrons. The van der Waals surface area contributed by atoms with Crippen LogP contribution in [0.25, 0.3) is 0 Å². The first kappa shape index (κ1) is 29.2. The van der Waals surface area contributed by atoms with Gasteiger partial charge in [-0.05, 0) is 42.4 Å². The summed E-state index contributed by atoms with van der Waals surface area (Å²) in [5.41, 5.74) is 17.8. The molecule has 1 rings (SSSR count). The van der Waals surface area contributed by atoms with Crippen molar-refractivity contribution in [2.75, 3.05) is 11.9 Å². The van der Waals surface area contributed by atoms with Gasteiger partial charge >= 0.3 is 0 Å². The standard InChI is InChI=1S/C23H40N8O3/c1-14(2)20(24)23(34)30-21(15(3)4)19(31-26)12-27-18(6-5-11-28-25)22(33)29-17-9-7-16(13-32)8-10-17/h7-10,12,14-15,18,20-21,26-28,32H,5-6,11,13,24-25H2,1-4H3,(H,29,33)(H,30,34)/b19-12-,31-26?/t18-,20+,21-/m0/s1. The van der Waals surface area contributed by atoms with Gasteiger partial charge < -0.3 is 26.8 Å². The van der Waals surface area contributed by atoms with Crippen molar-refractivity contribution in [1.82, 2.24) is 16.1 Å². The van der Waals surface area contributed by atoms with Gasteiger partial charge in [0.1, 0.15) is 11.7 Å². The summed E-state index contributed by atoms with van der Waals surface area (Å²) in [4.78, 5) is 25.4. The van der Waals surface area contributed by atoms with Crippen LogP contribution in [0.2, 0.25) is 0 Å². The Hall–Kier alpha value is -2.86. The number of amides is 2. The number of rotatable bonds is 15. The smallest absolute Gasteiger partial charge is 0.246 e. The molecule has 0 aromatic heterocycles. The second kappa shape index (κ2) is 15.1. The molecule has 0 unspecified atom stereocenters. The van der Waals surface area contributed by atoms with Crippen LogP contribution in [-0.4, -0.2) is 41.6 Å². The molecule has 0 spiro atoms. The van der Waals surface area contributed by atoms with Crippen LogP contribution in [0.15, 0.2) is 41.3 Å². The van der Waals surface area contributed by atoms with Crippen LogP contribution in [0.4, 0.5) is 5.69 Å². The molecule has 0 aliphatic rings. The summed E-state index contributed by atoms with van der Waals surface area (Å²) in [7, 11) is 0. The third-order valence-electron chi connectivity index (χ3n) is 5.40. The summed E-state index contributed by atoms with van der Waals surface area (Å²) in [6.07, 6.45) is 2.58. The van der Waals surface area contributed by atoms with Gasteiger partial charge in [-0.3, -0.25) is 20.9 Å². The molecule has 34 heavy (non-hydrogen) atoms. The van der Waals surface area contributed by atoms with Crippen LogP contribution in [-0.2, 0) is 16.2 Å². The number of hydrogen-bond donors (Lipinski definition) is 8. The van der Waals surface area contributed by atoms with Gasteiger partial charge in [0.15, 0.2) is 0 Å². The zero-order valence-corrected chi connectivity index (χ0v) is 20.5. The summed E-state index contributed by atoms with van der Waals surface area (Å²) >= 11 is 0. The second-order valence-electron chi connectivity index (χ2n) is 8.84. The van der Waals surface area contributed by atoms with Crippen molar-refractivity contribution in [3.63, 3.8) is 0 Å². The molecule has 1 aromatic rings. The number of benzene rings is 1. The zero-order valence-electron chi connectivity index (χ0n) is 20.5. The quantitative estimate of drug-likeness (QED) is 0.0809. The zero-order chi connectivity index (χ0) is 25.7. The Morgan fingerprint density at radius 3 is 2.26 bits per heavy atom. The highest BCUT2D eigenvalue weighted by Crippen LogP contribution is 2.15. The van der Waals surface area contributed by atoms with Gasteiger partial charge in [-0.1, -0.05) is 39.8 Å². The van der Waals surface area contributed by atoms with E-state index in [4.69, 9.17) is 17.1 Å². The molecule has 11 heteroatoms. The number of aliphatic hydroxyl groups is 1. The first-order valence-corrected chi connectivity index (χ1v) is 11.5. The maximum Gasteiger partial charge on any atom is 0.246 e. The number of hydrazine groups is 1. The molecule has 0 bridgehead atoms. The minimum atomic E-state index is -0.680. The number of carbonyl (C=O) groups is 2. The lowest BCUT2D eigenvalue weighted by molar-refractivity contribution is -0.124. The molecule has 0 fully saturated rings. The number of anilines is 1. The molecule has 1 aromatic carbocycles. The normalized spacial score (nSPS) is 14.4. The molecule has 0 radical (unpaired) electrons. The Morgan fingerprint density at radius 1 is 1.12 bits per heavy atom. The van der Waals surface area contributed by atoms with E-state index in [1.807, 2.05) is 27.7 Å². The van der Waals surface area contributed by atoms with E-state index < -0.39 is 18.1 Å². The number of nitrogens with zero attached hydrogens (tertiary/aromatic N) is 1. The lowest BCUT2D eigenvalue weighted by atomic mass is 9.99. The van der Waals surface area contributed by atoms with Crippen LogP contribution in [0.3, 0.4) is 0 Å². The van der Waals surface area contributed by atoms with Gasteiger partial charge in [-0.15, -0.1) is 0 Å². The molecule has 0 saturated heterocycles. The van der Waals surface area contributed by atoms with Crippen LogP contribution >= 0.6 is 0 Å². The second-order valence-corrected chi connectivity index (χ2v) is 8.84. The van der Waals surface area contributed by atoms with Crippen molar-refractivity contribution in [3.8, 4) is 0 Å². The molecule has 3 atom stereocenters. The average Bonchev–Trinajstić information content (AvgIpc) is 2.81. The minimum absolute atomic E-state index is 0.0398. The molecule has 10 N–H and O–H groups in total. The topological polar surface area (TPSA) is 191 Å². The lowest BCUT2D eigenvalue weighted by Crippen LogP contribution is -2.50. The van der Waals surface area contributed by atoms with Crippen LogP contribution < -0.4 is 33.0 Å². The highest BCUT2D eigenvalue weighted by Gasteiger charge is 2.26. The summed E-state index contributed by atoms with van der Waals surface area (Å²) in [5.74, 6) is 4.65. The van der Waals surface area contributed by atoms with Gasteiger partial charge in [0.25, 0.3) is 0 Å². The third-order valence-corrected chi connectivity index (χ3v) is 5.40. The fraction of sp³-hybridized carbons (Fsp3) is 0.565. The third kappa shape index (κ3) is 9.56. The molecule has 2 amide bonds. The fourth-order valence-electron chi connectivity index (χ4n) is 3.13. The monoisotopic (exact) mass is 476 g/mol. The maximum atomic E-state index is 12.9. The van der Waals surface area contributed by atoms with E-state index in [1.54, 1.807) is 24.3 Å². The van der Waals surface area contributed by atoms with E-state index in [1.165, 1.54) is 6.20 Å². The molecule has 0 aliphatic carbocycles. The van der Waals surface area contributed by atoms with Crippen molar-refractivity contribution in [3.05, 3.63) is 41.7 Å². The SMILES string of the molecule is CC(C)[C@H](NC(=O)[C@H](N)C(C)C)/C(=C/N[C@@H](CCCNN)C(=O)Nc1ccc(CO)cc1)N=N. The predicted octanol–water partition coefficient (Wildman–Crippen LogP) is 1.32. The number of carbonyl (C=O) groups excluding carboxylic acids is 2. The van der Waals surface area contributed by atoms with Gasteiger partial charge in [-0.2, -0.15) is 5.11 Å². The molecular formula is C23H40N8O3. The van der Waals surface area contributed by atoms with Crippen LogP contribution in [0.1, 0.15) is 46.1 Å². The molecule has 0 aliphatic heterocycles. The van der Waals surface area contributed by atoms with Crippen molar-refractivity contribution in [2.24, 2.45) is 28.5 Å². The maximum absolute atomic E-state index is 12.9. The summed E-state index contributed by atoms with van der Waals surface area (Å²) in [6.45, 7) is 7.96. The Balaban J connectivity index is 3.02. The summed E-state index contributed by atoms with van der Waals surface area (Å²) in [5, 5.41) is 21.6. The first-order valence-electron chi connectivity index (χ1n) is 11.5. The van der Waals surface area contributed by atoms with E-state index >= 15 is 0 Å². The Bertz CT molecular complexity index is 811. The van der Waals surface area contributed by atoms with Crippen molar-refractivity contribution in [1.29, 1.82) is 5.53 Å². The van der Waals surface area contributed by atoms with Crippen LogP contribution in [0, 0.1) is 17.4 Å². The summed E-state index contributed by atoms with van der Waals surface area (Å²) < 4.78 is 0. The van der Waals surface area contributed by atoms with E-state index in [0.717, 1.165) is 5.56 Å². The van der Waals surface area contributed by atoms with Crippen molar-refractivity contribution >= 4 is 17.5 Å². The highest BCUT2D eigenvalue weighted by atomic mass is 16.3. The number of hydrogen-bond acceptors (Lipinski definition) is 9. The molecular weight excluding hydrogens is 436 g/mol. The average molecular weight is 477 g/mol. The highest BCUT2D eigenvalue weighted by molar-refractivity contribution is 5.94.